The Morgan fingerprint density at radius 1 is 1.26 bits per heavy atom. The van der Waals surface area contributed by atoms with Crippen molar-refractivity contribution in [2.75, 3.05) is 19.6 Å². The molecule has 2 aromatic heterocycles. The van der Waals surface area contributed by atoms with Crippen molar-refractivity contribution in [1.29, 1.82) is 0 Å². The summed E-state index contributed by atoms with van der Waals surface area (Å²) in [4.78, 5) is 4.63. The summed E-state index contributed by atoms with van der Waals surface area (Å²) in [5.74, 6) is 2.60. The second kappa shape index (κ2) is 9.12. The molecule has 6 heteroatoms. The van der Waals surface area contributed by atoms with Gasteiger partial charge in [0.2, 0.25) is 0 Å². The Hall–Kier alpha value is -2.11. The first-order chi connectivity index (χ1) is 11.2. The molecule has 0 saturated carbocycles. The molecule has 0 atom stereocenters. The standard InChI is InChI=1S/C17H28N6/c1-4-18-17(20-12-10-14(2)3)19-11-7-9-16-22-21-15-8-5-6-13-23(15)16/h5-6,8,13-14H,4,7,9-12H2,1-3H3,(H2,18,19,20). The van der Waals surface area contributed by atoms with Crippen LogP contribution in [0.2, 0.25) is 0 Å². The Labute approximate surface area is 138 Å². The van der Waals surface area contributed by atoms with E-state index in [4.69, 9.17) is 0 Å². The summed E-state index contributed by atoms with van der Waals surface area (Å²) in [7, 11) is 0. The Morgan fingerprint density at radius 2 is 2.13 bits per heavy atom. The van der Waals surface area contributed by atoms with Crippen LogP contribution in [0.15, 0.2) is 29.4 Å². The molecule has 0 saturated heterocycles. The SMILES string of the molecule is CCNC(=NCCCc1nnc2ccccn12)NCCC(C)C. The summed E-state index contributed by atoms with van der Waals surface area (Å²) in [5, 5.41) is 15.1. The van der Waals surface area contributed by atoms with Crippen LogP contribution in [0.3, 0.4) is 0 Å². The summed E-state index contributed by atoms with van der Waals surface area (Å²) in [6.45, 7) is 9.16. The number of guanidine groups is 1. The van der Waals surface area contributed by atoms with Crippen LogP contribution in [-0.2, 0) is 6.42 Å². The highest BCUT2D eigenvalue weighted by Crippen LogP contribution is 2.05. The molecular weight excluding hydrogens is 288 g/mol. The zero-order valence-electron chi connectivity index (χ0n) is 14.4. The molecule has 2 N–H and O–H groups in total. The molecule has 0 aliphatic heterocycles. The fourth-order valence-electron chi connectivity index (χ4n) is 2.31. The number of aromatic nitrogens is 3. The van der Waals surface area contributed by atoms with E-state index in [0.717, 1.165) is 56.3 Å². The van der Waals surface area contributed by atoms with Crippen molar-refractivity contribution in [1.82, 2.24) is 25.2 Å². The highest BCUT2D eigenvalue weighted by molar-refractivity contribution is 5.79. The van der Waals surface area contributed by atoms with Crippen molar-refractivity contribution in [3.05, 3.63) is 30.2 Å². The van der Waals surface area contributed by atoms with Crippen LogP contribution < -0.4 is 10.6 Å². The second-order valence-corrected chi connectivity index (χ2v) is 6.02. The van der Waals surface area contributed by atoms with Crippen molar-refractivity contribution < 1.29 is 0 Å². The highest BCUT2D eigenvalue weighted by Gasteiger charge is 2.04. The van der Waals surface area contributed by atoms with Gasteiger partial charge >= 0.3 is 0 Å². The topological polar surface area (TPSA) is 66.6 Å². The first-order valence-electron chi connectivity index (χ1n) is 8.51. The van der Waals surface area contributed by atoms with Gasteiger partial charge in [0.05, 0.1) is 0 Å². The maximum Gasteiger partial charge on any atom is 0.191 e. The van der Waals surface area contributed by atoms with E-state index in [1.54, 1.807) is 0 Å². The first-order valence-corrected chi connectivity index (χ1v) is 8.51. The Bertz CT molecular complexity index is 616. The number of nitrogens with one attached hydrogen (secondary N) is 2. The lowest BCUT2D eigenvalue weighted by Gasteiger charge is -2.12. The van der Waals surface area contributed by atoms with Crippen LogP contribution in [0, 0.1) is 5.92 Å². The van der Waals surface area contributed by atoms with E-state index < -0.39 is 0 Å². The molecule has 2 aromatic rings. The lowest BCUT2D eigenvalue weighted by molar-refractivity contribution is 0.573. The van der Waals surface area contributed by atoms with Crippen LogP contribution in [0.4, 0.5) is 0 Å². The van der Waals surface area contributed by atoms with Crippen LogP contribution in [0.1, 0.15) is 39.4 Å². The lowest BCUT2D eigenvalue weighted by atomic mass is 10.1. The average molecular weight is 316 g/mol. The molecule has 2 heterocycles. The van der Waals surface area contributed by atoms with E-state index in [2.05, 4.69) is 46.6 Å². The molecule has 6 nitrogen and oxygen atoms in total. The number of hydrogen-bond acceptors (Lipinski definition) is 3. The minimum absolute atomic E-state index is 0.701. The summed E-state index contributed by atoms with van der Waals surface area (Å²) < 4.78 is 2.04. The van der Waals surface area contributed by atoms with Gasteiger partial charge < -0.3 is 10.6 Å². The number of hydrogen-bond donors (Lipinski definition) is 2. The van der Waals surface area contributed by atoms with Crippen LogP contribution >= 0.6 is 0 Å². The van der Waals surface area contributed by atoms with Gasteiger partial charge in [-0.15, -0.1) is 10.2 Å². The summed E-state index contributed by atoms with van der Waals surface area (Å²) >= 11 is 0. The molecule has 0 fully saturated rings. The molecule has 2 rings (SSSR count). The van der Waals surface area contributed by atoms with Crippen LogP contribution in [0.5, 0.6) is 0 Å². The number of pyridine rings is 1. The molecular formula is C17H28N6. The van der Waals surface area contributed by atoms with Crippen molar-refractivity contribution in [2.45, 2.75) is 40.0 Å². The lowest BCUT2D eigenvalue weighted by Crippen LogP contribution is -2.38. The third-order valence-electron chi connectivity index (χ3n) is 3.57. The minimum atomic E-state index is 0.701. The van der Waals surface area contributed by atoms with Gasteiger partial charge in [0.25, 0.3) is 0 Å². The molecule has 0 aliphatic carbocycles. The summed E-state index contributed by atoms with van der Waals surface area (Å²) in [6, 6.07) is 5.94. The number of nitrogens with zero attached hydrogens (tertiary/aromatic N) is 4. The third-order valence-corrected chi connectivity index (χ3v) is 3.57. The molecule has 0 bridgehead atoms. The van der Waals surface area contributed by atoms with Gasteiger partial charge in [-0.3, -0.25) is 9.39 Å². The van der Waals surface area contributed by atoms with Gasteiger partial charge in [-0.05, 0) is 37.8 Å². The Morgan fingerprint density at radius 3 is 2.91 bits per heavy atom. The third kappa shape index (κ3) is 5.54. The zero-order chi connectivity index (χ0) is 16.5. The predicted octanol–water partition coefficient (Wildman–Crippen LogP) is 2.26. The Balaban J connectivity index is 1.81. The quantitative estimate of drug-likeness (QED) is 0.445. The van der Waals surface area contributed by atoms with E-state index in [-0.39, 0.29) is 0 Å². The number of rotatable bonds is 8. The van der Waals surface area contributed by atoms with E-state index in [0.29, 0.717) is 5.92 Å². The van der Waals surface area contributed by atoms with Gasteiger partial charge in [-0.1, -0.05) is 19.9 Å². The van der Waals surface area contributed by atoms with E-state index in [1.807, 2.05) is 28.8 Å². The monoisotopic (exact) mass is 316 g/mol. The molecule has 0 aromatic carbocycles. The smallest absolute Gasteiger partial charge is 0.191 e. The molecule has 0 unspecified atom stereocenters. The van der Waals surface area contributed by atoms with Gasteiger partial charge in [0, 0.05) is 32.3 Å². The molecule has 0 aliphatic rings. The van der Waals surface area contributed by atoms with E-state index >= 15 is 0 Å². The van der Waals surface area contributed by atoms with Gasteiger partial charge in [0.15, 0.2) is 11.6 Å². The fraction of sp³-hybridized carbons (Fsp3) is 0.588. The minimum Gasteiger partial charge on any atom is -0.357 e. The second-order valence-electron chi connectivity index (χ2n) is 6.02. The average Bonchev–Trinajstić information content (AvgIpc) is 2.94. The molecule has 0 radical (unpaired) electrons. The maximum atomic E-state index is 4.63. The normalized spacial score (nSPS) is 12.1. The van der Waals surface area contributed by atoms with Crippen LogP contribution in [0.25, 0.3) is 5.65 Å². The van der Waals surface area contributed by atoms with E-state index in [9.17, 15) is 0 Å². The first kappa shape index (κ1) is 17.2. The number of fused-ring (bicyclic) bond motifs is 1. The Kier molecular flexibility index (Phi) is 6.84. The predicted molar refractivity (Wildman–Crippen MR) is 94.7 cm³/mol. The van der Waals surface area contributed by atoms with Crippen molar-refractivity contribution in [2.24, 2.45) is 10.9 Å². The van der Waals surface area contributed by atoms with Crippen molar-refractivity contribution in [3.8, 4) is 0 Å². The number of aryl methyl sites for hydroxylation is 1. The summed E-state index contributed by atoms with van der Waals surface area (Å²) in [6.07, 6.45) is 4.98. The molecule has 126 valence electrons. The van der Waals surface area contributed by atoms with Gasteiger partial charge in [-0.25, -0.2) is 0 Å². The van der Waals surface area contributed by atoms with Crippen molar-refractivity contribution >= 4 is 11.6 Å². The summed E-state index contributed by atoms with van der Waals surface area (Å²) in [5.41, 5.74) is 0.898. The largest absolute Gasteiger partial charge is 0.357 e. The fourth-order valence-corrected chi connectivity index (χ4v) is 2.31. The number of aliphatic imine (C=N–C) groups is 1. The van der Waals surface area contributed by atoms with Crippen LogP contribution in [-0.4, -0.2) is 40.2 Å². The molecule has 0 amide bonds. The highest BCUT2D eigenvalue weighted by atomic mass is 15.2. The molecule has 23 heavy (non-hydrogen) atoms. The van der Waals surface area contributed by atoms with Gasteiger partial charge in [-0.2, -0.15) is 0 Å². The molecule has 0 spiro atoms. The van der Waals surface area contributed by atoms with Crippen molar-refractivity contribution in [3.63, 3.8) is 0 Å². The van der Waals surface area contributed by atoms with E-state index in [1.165, 1.54) is 0 Å². The zero-order valence-corrected chi connectivity index (χ0v) is 14.4. The van der Waals surface area contributed by atoms with Gasteiger partial charge in [0.1, 0.15) is 5.82 Å². The maximum absolute atomic E-state index is 4.63.